The maximum absolute atomic E-state index is 13.5. The Kier molecular flexibility index (Phi) is 2.63. The van der Waals surface area contributed by atoms with Crippen molar-refractivity contribution in [2.45, 2.75) is 0 Å². The first-order valence-electron chi connectivity index (χ1n) is 5.24. The number of imidazole rings is 1. The topological polar surface area (TPSA) is 28.7 Å². The molecule has 1 N–H and O–H groups in total. The van der Waals surface area contributed by atoms with Gasteiger partial charge in [-0.3, -0.25) is 0 Å². The SMILES string of the molecule is Fc1cc(F)c2nc(-c3ccc(Br)cc3)[nH]c2c1. The van der Waals surface area contributed by atoms with Gasteiger partial charge >= 0.3 is 0 Å². The van der Waals surface area contributed by atoms with Gasteiger partial charge in [-0.05, 0) is 18.2 Å². The van der Waals surface area contributed by atoms with E-state index in [1.54, 1.807) is 0 Å². The molecule has 0 saturated heterocycles. The Hall–Kier alpha value is -1.75. The van der Waals surface area contributed by atoms with Crippen LogP contribution >= 0.6 is 15.9 Å². The standard InChI is InChI=1S/C13H7BrF2N2/c14-8-3-1-7(2-4-8)13-17-11-6-9(15)5-10(16)12(11)18-13/h1-6H,(H,17,18). The lowest BCUT2D eigenvalue weighted by Crippen LogP contribution is -1.81. The molecule has 0 radical (unpaired) electrons. The molecule has 0 aliphatic heterocycles. The van der Waals surface area contributed by atoms with E-state index >= 15 is 0 Å². The molecule has 1 heterocycles. The van der Waals surface area contributed by atoms with Gasteiger partial charge < -0.3 is 4.98 Å². The van der Waals surface area contributed by atoms with Gasteiger partial charge in [-0.2, -0.15) is 0 Å². The molecular formula is C13H7BrF2N2. The lowest BCUT2D eigenvalue weighted by atomic mass is 10.2. The van der Waals surface area contributed by atoms with Gasteiger partial charge in [0.15, 0.2) is 5.82 Å². The smallest absolute Gasteiger partial charge is 0.153 e. The van der Waals surface area contributed by atoms with Crippen LogP contribution in [0, 0.1) is 11.6 Å². The summed E-state index contributed by atoms with van der Waals surface area (Å²) in [7, 11) is 0. The van der Waals surface area contributed by atoms with Gasteiger partial charge in [0.05, 0.1) is 5.52 Å². The van der Waals surface area contributed by atoms with Crippen LogP contribution in [-0.2, 0) is 0 Å². The van der Waals surface area contributed by atoms with E-state index in [1.807, 2.05) is 24.3 Å². The first-order chi connectivity index (χ1) is 8.63. The van der Waals surface area contributed by atoms with E-state index in [0.29, 0.717) is 11.3 Å². The summed E-state index contributed by atoms with van der Waals surface area (Å²) in [5.74, 6) is -0.766. The predicted octanol–water partition coefficient (Wildman–Crippen LogP) is 4.27. The van der Waals surface area contributed by atoms with Crippen molar-refractivity contribution in [3.05, 3.63) is 52.5 Å². The molecule has 1 aromatic heterocycles. The predicted molar refractivity (Wildman–Crippen MR) is 69.1 cm³/mol. The second-order valence-electron chi connectivity index (χ2n) is 3.88. The highest BCUT2D eigenvalue weighted by molar-refractivity contribution is 9.10. The van der Waals surface area contributed by atoms with Crippen molar-refractivity contribution in [1.29, 1.82) is 0 Å². The van der Waals surface area contributed by atoms with Gasteiger partial charge in [0.2, 0.25) is 0 Å². The van der Waals surface area contributed by atoms with E-state index < -0.39 is 11.6 Å². The maximum Gasteiger partial charge on any atom is 0.153 e. The zero-order chi connectivity index (χ0) is 12.7. The second kappa shape index (κ2) is 4.17. The first-order valence-corrected chi connectivity index (χ1v) is 6.03. The molecule has 0 bridgehead atoms. The number of nitrogens with zero attached hydrogens (tertiary/aromatic N) is 1. The van der Waals surface area contributed by atoms with Gasteiger partial charge in [0.1, 0.15) is 17.2 Å². The Balaban J connectivity index is 2.19. The Morgan fingerprint density at radius 2 is 1.78 bits per heavy atom. The number of nitrogens with one attached hydrogen (secondary N) is 1. The van der Waals surface area contributed by atoms with Crippen molar-refractivity contribution < 1.29 is 8.78 Å². The van der Waals surface area contributed by atoms with E-state index in [9.17, 15) is 8.78 Å². The zero-order valence-electron chi connectivity index (χ0n) is 9.05. The Labute approximate surface area is 110 Å². The number of aromatic amines is 1. The monoisotopic (exact) mass is 308 g/mol. The van der Waals surface area contributed by atoms with Crippen molar-refractivity contribution in [1.82, 2.24) is 9.97 Å². The van der Waals surface area contributed by atoms with Crippen molar-refractivity contribution in [3.63, 3.8) is 0 Å². The lowest BCUT2D eigenvalue weighted by Gasteiger charge is -1.95. The summed E-state index contributed by atoms with van der Waals surface area (Å²) >= 11 is 3.33. The third-order valence-electron chi connectivity index (χ3n) is 2.62. The van der Waals surface area contributed by atoms with Gasteiger partial charge in [0, 0.05) is 16.1 Å². The molecule has 18 heavy (non-hydrogen) atoms. The maximum atomic E-state index is 13.5. The van der Waals surface area contributed by atoms with E-state index in [1.165, 1.54) is 6.07 Å². The van der Waals surface area contributed by atoms with E-state index in [0.717, 1.165) is 16.1 Å². The number of H-pyrrole nitrogens is 1. The molecule has 0 fully saturated rings. The summed E-state index contributed by atoms with van der Waals surface area (Å²) in [6.07, 6.45) is 0. The van der Waals surface area contributed by atoms with Crippen LogP contribution in [0.5, 0.6) is 0 Å². The van der Waals surface area contributed by atoms with Gasteiger partial charge in [0.25, 0.3) is 0 Å². The third-order valence-corrected chi connectivity index (χ3v) is 3.15. The molecule has 2 aromatic carbocycles. The molecule has 0 aliphatic rings. The summed E-state index contributed by atoms with van der Waals surface area (Å²) < 4.78 is 27.5. The van der Waals surface area contributed by atoms with Crippen molar-refractivity contribution in [2.24, 2.45) is 0 Å². The lowest BCUT2D eigenvalue weighted by molar-refractivity contribution is 0.591. The van der Waals surface area contributed by atoms with Gasteiger partial charge in [-0.1, -0.05) is 28.1 Å². The Bertz CT molecular complexity index is 720. The van der Waals surface area contributed by atoms with Crippen LogP contribution in [0.3, 0.4) is 0 Å². The molecule has 0 saturated carbocycles. The minimum Gasteiger partial charge on any atom is -0.338 e. The average Bonchev–Trinajstić information content (AvgIpc) is 2.74. The molecule has 0 unspecified atom stereocenters. The summed E-state index contributed by atoms with van der Waals surface area (Å²) in [6.45, 7) is 0. The zero-order valence-corrected chi connectivity index (χ0v) is 10.6. The average molecular weight is 309 g/mol. The Morgan fingerprint density at radius 1 is 1.06 bits per heavy atom. The summed E-state index contributed by atoms with van der Waals surface area (Å²) in [5.41, 5.74) is 1.31. The van der Waals surface area contributed by atoms with Crippen LogP contribution in [0.1, 0.15) is 0 Å². The molecule has 0 aliphatic carbocycles. The largest absolute Gasteiger partial charge is 0.338 e. The minimum absolute atomic E-state index is 0.148. The quantitative estimate of drug-likeness (QED) is 0.714. The third kappa shape index (κ3) is 1.90. The molecule has 2 nitrogen and oxygen atoms in total. The van der Waals surface area contributed by atoms with Gasteiger partial charge in [-0.15, -0.1) is 0 Å². The Morgan fingerprint density at radius 3 is 2.50 bits per heavy atom. The fraction of sp³-hybridized carbons (Fsp3) is 0. The fourth-order valence-electron chi connectivity index (χ4n) is 1.79. The first kappa shape index (κ1) is 11.3. The highest BCUT2D eigenvalue weighted by atomic mass is 79.9. The number of rotatable bonds is 1. The molecule has 3 rings (SSSR count). The number of hydrogen-bond acceptors (Lipinski definition) is 1. The van der Waals surface area contributed by atoms with Crippen LogP contribution in [-0.4, -0.2) is 9.97 Å². The van der Waals surface area contributed by atoms with E-state index in [-0.39, 0.29) is 5.52 Å². The van der Waals surface area contributed by atoms with Crippen molar-refractivity contribution >= 4 is 27.0 Å². The van der Waals surface area contributed by atoms with Crippen LogP contribution in [0.15, 0.2) is 40.9 Å². The van der Waals surface area contributed by atoms with E-state index in [4.69, 9.17) is 0 Å². The van der Waals surface area contributed by atoms with Crippen molar-refractivity contribution in [2.75, 3.05) is 0 Å². The summed E-state index contributed by atoms with van der Waals surface area (Å²) in [4.78, 5) is 7.05. The number of aromatic nitrogens is 2. The minimum atomic E-state index is -0.662. The van der Waals surface area contributed by atoms with E-state index in [2.05, 4.69) is 25.9 Å². The van der Waals surface area contributed by atoms with Gasteiger partial charge in [-0.25, -0.2) is 13.8 Å². The summed E-state index contributed by atoms with van der Waals surface area (Å²) in [5, 5.41) is 0. The van der Waals surface area contributed by atoms with Crippen LogP contribution in [0.25, 0.3) is 22.4 Å². The number of benzene rings is 2. The number of fused-ring (bicyclic) bond motifs is 1. The highest BCUT2D eigenvalue weighted by Crippen LogP contribution is 2.24. The molecule has 0 atom stereocenters. The summed E-state index contributed by atoms with van der Waals surface area (Å²) in [6, 6.07) is 9.47. The van der Waals surface area contributed by atoms with Crippen molar-refractivity contribution in [3.8, 4) is 11.4 Å². The normalized spacial score (nSPS) is 11.1. The number of halogens is 3. The number of hydrogen-bond donors (Lipinski definition) is 1. The fourth-order valence-corrected chi connectivity index (χ4v) is 2.05. The molecule has 3 aromatic rings. The van der Waals surface area contributed by atoms with Crippen LogP contribution in [0.2, 0.25) is 0 Å². The molecule has 5 heteroatoms. The molecule has 0 spiro atoms. The molecule has 90 valence electrons. The molecular weight excluding hydrogens is 302 g/mol. The second-order valence-corrected chi connectivity index (χ2v) is 4.79. The molecule has 0 amide bonds. The van der Waals surface area contributed by atoms with Crippen LogP contribution < -0.4 is 0 Å². The van der Waals surface area contributed by atoms with Crippen LogP contribution in [0.4, 0.5) is 8.78 Å². The highest BCUT2D eigenvalue weighted by Gasteiger charge is 2.10.